The third-order valence-electron chi connectivity index (χ3n) is 10.8. The van der Waals surface area contributed by atoms with Crippen molar-refractivity contribution in [2.24, 2.45) is 5.92 Å². The zero-order chi connectivity index (χ0) is 39.0. The summed E-state index contributed by atoms with van der Waals surface area (Å²) in [5.41, 5.74) is 0. The highest BCUT2D eigenvalue weighted by Gasteiger charge is 2.37. The van der Waals surface area contributed by atoms with Crippen molar-refractivity contribution in [3.8, 4) is 0 Å². The molecular weight excluding hydrogens is 713 g/mol. The topological polar surface area (TPSA) is 147 Å². The van der Waals surface area contributed by atoms with Gasteiger partial charge in [0.2, 0.25) is 0 Å². The van der Waals surface area contributed by atoms with E-state index in [-0.39, 0.29) is 36.0 Å². The van der Waals surface area contributed by atoms with E-state index in [1.165, 1.54) is 128 Å². The maximum Gasteiger partial charge on any atom is 0.160 e. The fourth-order valence-corrected chi connectivity index (χ4v) is 11.1. The SMILES string of the molecule is CCCCCCCCCCCCCCCCS(=O)(=O)CC(CO[C@H]1C[C@@H](O)[C@H](O)[C@@H](CO)O1)CS(=O)(=O)CCCCCCCCCCCCCCCC. The van der Waals surface area contributed by atoms with E-state index >= 15 is 0 Å². The number of rotatable bonds is 38. The van der Waals surface area contributed by atoms with Crippen molar-refractivity contribution in [2.45, 2.75) is 225 Å². The summed E-state index contributed by atoms with van der Waals surface area (Å²) in [5, 5.41) is 29.7. The molecule has 0 unspecified atom stereocenters. The van der Waals surface area contributed by atoms with Crippen LogP contribution in [0.2, 0.25) is 0 Å². The molecule has 4 atom stereocenters. The highest BCUT2D eigenvalue weighted by molar-refractivity contribution is 7.92. The number of unbranched alkanes of at least 4 members (excludes halogenated alkanes) is 26. The van der Waals surface area contributed by atoms with E-state index in [4.69, 9.17) is 9.47 Å². The molecule has 1 rings (SSSR count). The van der Waals surface area contributed by atoms with Gasteiger partial charge in [0.05, 0.1) is 42.3 Å². The smallest absolute Gasteiger partial charge is 0.160 e. The zero-order valence-electron chi connectivity index (χ0n) is 34.2. The van der Waals surface area contributed by atoms with Crippen LogP contribution in [-0.2, 0) is 29.1 Å². The molecule has 0 amide bonds. The molecule has 0 spiro atoms. The van der Waals surface area contributed by atoms with Gasteiger partial charge in [-0.15, -0.1) is 0 Å². The van der Waals surface area contributed by atoms with Crippen molar-refractivity contribution in [1.82, 2.24) is 0 Å². The van der Waals surface area contributed by atoms with E-state index in [1.807, 2.05) is 0 Å². The molecule has 1 fully saturated rings. The summed E-state index contributed by atoms with van der Waals surface area (Å²) in [6.45, 7) is 3.81. The Morgan fingerprint density at radius 1 is 0.547 bits per heavy atom. The van der Waals surface area contributed by atoms with E-state index in [1.54, 1.807) is 0 Å². The highest BCUT2D eigenvalue weighted by atomic mass is 32.2. The quantitative estimate of drug-likeness (QED) is 0.0520. The van der Waals surface area contributed by atoms with Gasteiger partial charge in [-0.25, -0.2) is 16.8 Å². The molecular formula is C42H84O9S2. The van der Waals surface area contributed by atoms with Gasteiger partial charge in [0.1, 0.15) is 12.2 Å². The minimum absolute atomic E-state index is 0.0258. The molecule has 318 valence electrons. The molecule has 0 aromatic heterocycles. The Kier molecular flexibility index (Phi) is 31.3. The maximum absolute atomic E-state index is 13.2. The molecule has 53 heavy (non-hydrogen) atoms. The summed E-state index contributed by atoms with van der Waals surface area (Å²) in [5.74, 6) is -1.30. The van der Waals surface area contributed by atoms with Crippen molar-refractivity contribution < 1.29 is 41.6 Å². The Balaban J connectivity index is 2.44. The van der Waals surface area contributed by atoms with E-state index < -0.39 is 56.8 Å². The molecule has 1 aliphatic heterocycles. The van der Waals surface area contributed by atoms with Crippen molar-refractivity contribution in [1.29, 1.82) is 0 Å². The summed E-state index contributed by atoms with van der Waals surface area (Å²) < 4.78 is 64.2. The van der Waals surface area contributed by atoms with E-state index in [0.717, 1.165) is 38.5 Å². The van der Waals surface area contributed by atoms with E-state index in [0.29, 0.717) is 12.8 Å². The summed E-state index contributed by atoms with van der Waals surface area (Å²) in [6, 6.07) is 0. The Bertz CT molecular complexity index is 973. The van der Waals surface area contributed by atoms with Gasteiger partial charge < -0.3 is 24.8 Å². The van der Waals surface area contributed by atoms with E-state index in [2.05, 4.69) is 13.8 Å². The van der Waals surface area contributed by atoms with Crippen LogP contribution in [0, 0.1) is 5.92 Å². The second-order valence-corrected chi connectivity index (χ2v) is 20.7. The summed E-state index contributed by atoms with van der Waals surface area (Å²) in [4.78, 5) is 0. The second kappa shape index (κ2) is 32.8. The van der Waals surface area contributed by atoms with E-state index in [9.17, 15) is 32.2 Å². The van der Waals surface area contributed by atoms with Crippen molar-refractivity contribution >= 4 is 19.7 Å². The Hall–Kier alpha value is -0.300. The molecule has 3 N–H and O–H groups in total. The van der Waals surface area contributed by atoms with Crippen LogP contribution in [0.5, 0.6) is 0 Å². The average Bonchev–Trinajstić information content (AvgIpc) is 3.11. The van der Waals surface area contributed by atoms with Crippen LogP contribution in [-0.4, -0.2) is 93.0 Å². The lowest BCUT2D eigenvalue weighted by Gasteiger charge is -2.36. The molecule has 1 aliphatic rings. The lowest BCUT2D eigenvalue weighted by atomic mass is 10.0. The summed E-state index contributed by atoms with van der Waals surface area (Å²) >= 11 is 0. The standard InChI is InChI=1S/C42H84O9S2/c1-3-5-7-9-11-13-15-17-19-21-23-25-27-29-31-52(46,47)36-38(35-50-41-33-39(44)42(45)40(34-43)51-41)37-53(48,49)32-30-28-26-24-22-20-18-16-14-12-10-8-6-4-2/h38-45H,3-37H2,1-2H3/t39-,40-,41-,42+/m1/s1. The van der Waals surface area contributed by atoms with Gasteiger partial charge in [0.25, 0.3) is 0 Å². The Morgan fingerprint density at radius 2 is 0.868 bits per heavy atom. The van der Waals surface area contributed by atoms with Gasteiger partial charge in [0, 0.05) is 12.3 Å². The van der Waals surface area contributed by atoms with Gasteiger partial charge in [-0.2, -0.15) is 0 Å². The number of sulfone groups is 2. The normalized spacial score (nSPS) is 19.7. The van der Waals surface area contributed by atoms with Gasteiger partial charge >= 0.3 is 0 Å². The predicted molar refractivity (Wildman–Crippen MR) is 220 cm³/mol. The maximum atomic E-state index is 13.2. The molecule has 0 bridgehead atoms. The van der Waals surface area contributed by atoms with Crippen LogP contribution >= 0.6 is 0 Å². The third-order valence-corrected chi connectivity index (χ3v) is 14.6. The van der Waals surface area contributed by atoms with Crippen LogP contribution in [0.4, 0.5) is 0 Å². The number of aliphatic hydroxyl groups excluding tert-OH is 3. The molecule has 0 aromatic rings. The first kappa shape index (κ1) is 50.7. The molecule has 11 heteroatoms. The molecule has 0 saturated carbocycles. The predicted octanol–water partition coefficient (Wildman–Crippen LogP) is 9.24. The summed E-state index contributed by atoms with van der Waals surface area (Å²) in [7, 11) is -7.04. The van der Waals surface area contributed by atoms with Crippen molar-refractivity contribution in [3.63, 3.8) is 0 Å². The van der Waals surface area contributed by atoms with Gasteiger partial charge in [-0.05, 0) is 12.8 Å². The second-order valence-electron chi connectivity index (χ2n) is 16.2. The Morgan fingerprint density at radius 3 is 1.19 bits per heavy atom. The first-order valence-electron chi connectivity index (χ1n) is 22.2. The fourth-order valence-electron chi connectivity index (χ4n) is 7.48. The molecule has 0 radical (unpaired) electrons. The zero-order valence-corrected chi connectivity index (χ0v) is 35.9. The molecule has 0 aliphatic carbocycles. The molecule has 9 nitrogen and oxygen atoms in total. The summed E-state index contributed by atoms with van der Waals surface area (Å²) in [6.07, 6.45) is 28.6. The van der Waals surface area contributed by atoms with Crippen LogP contribution in [0.15, 0.2) is 0 Å². The average molecular weight is 797 g/mol. The van der Waals surface area contributed by atoms with Gasteiger partial charge in [0.15, 0.2) is 26.0 Å². The minimum atomic E-state index is -3.52. The number of aliphatic hydroxyl groups is 3. The van der Waals surface area contributed by atoms with Crippen LogP contribution in [0.25, 0.3) is 0 Å². The first-order chi connectivity index (χ1) is 25.5. The first-order valence-corrected chi connectivity index (χ1v) is 25.8. The molecule has 1 heterocycles. The molecule has 1 saturated heterocycles. The number of hydrogen-bond acceptors (Lipinski definition) is 9. The van der Waals surface area contributed by atoms with Crippen LogP contribution in [0.3, 0.4) is 0 Å². The van der Waals surface area contributed by atoms with Crippen molar-refractivity contribution in [2.75, 3.05) is 36.2 Å². The number of ether oxygens (including phenoxy) is 2. The lowest BCUT2D eigenvalue weighted by molar-refractivity contribution is -0.258. The molecule has 0 aromatic carbocycles. The van der Waals surface area contributed by atoms with Crippen molar-refractivity contribution in [3.05, 3.63) is 0 Å². The van der Waals surface area contributed by atoms with Crippen LogP contribution < -0.4 is 0 Å². The van der Waals surface area contributed by atoms with Gasteiger partial charge in [-0.1, -0.05) is 181 Å². The minimum Gasteiger partial charge on any atom is -0.394 e. The monoisotopic (exact) mass is 797 g/mol. The Labute approximate surface area is 327 Å². The number of hydrogen-bond donors (Lipinski definition) is 3. The largest absolute Gasteiger partial charge is 0.394 e. The van der Waals surface area contributed by atoms with Crippen LogP contribution in [0.1, 0.15) is 200 Å². The lowest BCUT2D eigenvalue weighted by Crippen LogP contribution is -2.50. The highest BCUT2D eigenvalue weighted by Crippen LogP contribution is 2.23. The fraction of sp³-hybridized carbons (Fsp3) is 1.00. The van der Waals surface area contributed by atoms with Gasteiger partial charge in [-0.3, -0.25) is 0 Å². The third kappa shape index (κ3) is 28.7.